The molecule has 2 aromatic carbocycles. The van der Waals surface area contributed by atoms with Crippen LogP contribution in [0.1, 0.15) is 44.5 Å². The third-order valence-corrected chi connectivity index (χ3v) is 5.37. The van der Waals surface area contributed by atoms with E-state index in [1.165, 1.54) is 12.4 Å². The van der Waals surface area contributed by atoms with E-state index in [0.29, 0.717) is 57.6 Å². The molecule has 0 amide bonds. The molecular formula is C22H28N2O5V. The first kappa shape index (κ1) is 25.4. The van der Waals surface area contributed by atoms with E-state index >= 15 is 0 Å². The van der Waals surface area contributed by atoms with Crippen LogP contribution in [-0.4, -0.2) is 45.9 Å². The third-order valence-electron chi connectivity index (χ3n) is 5.37. The van der Waals surface area contributed by atoms with Crippen LogP contribution in [0.25, 0.3) is 0 Å². The van der Waals surface area contributed by atoms with Crippen molar-refractivity contribution < 1.29 is 41.5 Å². The van der Waals surface area contributed by atoms with Crippen LogP contribution in [0.15, 0.2) is 9.98 Å². The summed E-state index contributed by atoms with van der Waals surface area (Å²) in [6, 6.07) is 0. The van der Waals surface area contributed by atoms with Crippen LogP contribution in [0.2, 0.25) is 0 Å². The second kappa shape index (κ2) is 10.9. The van der Waals surface area contributed by atoms with Gasteiger partial charge in [0.1, 0.15) is 23.0 Å². The van der Waals surface area contributed by atoms with Crippen molar-refractivity contribution in [3.63, 3.8) is 0 Å². The average molecular weight is 451 g/mol. The number of nitrogens with zero attached hydrogens (tertiary/aromatic N) is 2. The molecule has 0 aliphatic carbocycles. The Morgan fingerprint density at radius 3 is 1.13 bits per heavy atom. The van der Waals surface area contributed by atoms with Crippen LogP contribution in [0.5, 0.6) is 23.0 Å². The van der Waals surface area contributed by atoms with Gasteiger partial charge in [0.05, 0.1) is 13.1 Å². The van der Waals surface area contributed by atoms with Gasteiger partial charge in [-0.3, -0.25) is 9.98 Å². The monoisotopic (exact) mass is 451 g/mol. The van der Waals surface area contributed by atoms with Gasteiger partial charge in [0.15, 0.2) is 0 Å². The molecule has 0 radical (unpaired) electrons. The number of phenols is 4. The molecule has 0 aliphatic heterocycles. The van der Waals surface area contributed by atoms with Gasteiger partial charge in [-0.2, -0.15) is 0 Å². The van der Waals surface area contributed by atoms with Crippen molar-refractivity contribution in [3.8, 4) is 23.0 Å². The second-order valence-electron chi connectivity index (χ2n) is 7.04. The molecule has 0 fully saturated rings. The average Bonchev–Trinajstić information content (AvgIpc) is 2.75. The van der Waals surface area contributed by atoms with Crippen molar-refractivity contribution in [2.24, 2.45) is 9.98 Å². The van der Waals surface area contributed by atoms with Crippen LogP contribution in [-0.2, 0) is 21.0 Å². The summed E-state index contributed by atoms with van der Waals surface area (Å²) < 4.78 is 8.19. The van der Waals surface area contributed by atoms with Crippen LogP contribution in [0, 0.1) is 41.5 Å². The number of hydrogen-bond acceptors (Lipinski definition) is 7. The maximum absolute atomic E-state index is 10.3. The molecule has 0 bridgehead atoms. The van der Waals surface area contributed by atoms with E-state index in [1.807, 2.05) is 0 Å². The normalized spacial score (nSPS) is 11.1. The van der Waals surface area contributed by atoms with Gasteiger partial charge in [0.25, 0.3) is 0 Å². The summed E-state index contributed by atoms with van der Waals surface area (Å²) in [6.45, 7) is 11.2. The van der Waals surface area contributed by atoms with Gasteiger partial charge >= 0.3 is 21.0 Å². The van der Waals surface area contributed by atoms with Crippen molar-refractivity contribution in [1.82, 2.24) is 0 Å². The van der Waals surface area contributed by atoms with Gasteiger partial charge in [-0.25, -0.2) is 0 Å². The van der Waals surface area contributed by atoms with E-state index < -0.39 is 0 Å². The number of benzene rings is 2. The van der Waals surface area contributed by atoms with E-state index in [4.69, 9.17) is 3.67 Å². The van der Waals surface area contributed by atoms with Gasteiger partial charge in [-0.15, -0.1) is 0 Å². The molecule has 0 heterocycles. The Bertz CT molecular complexity index is 862. The molecule has 2 rings (SSSR count). The number of hydrogen-bond donors (Lipinski definition) is 4. The summed E-state index contributed by atoms with van der Waals surface area (Å²) in [5.41, 5.74) is 4.73. The van der Waals surface area contributed by atoms with Gasteiger partial charge < -0.3 is 20.4 Å². The molecule has 161 valence electrons. The quantitative estimate of drug-likeness (QED) is 0.313. The maximum atomic E-state index is 10.3. The second-order valence-corrected chi connectivity index (χ2v) is 7.04. The molecule has 0 saturated carbocycles. The predicted molar refractivity (Wildman–Crippen MR) is 114 cm³/mol. The zero-order valence-electron chi connectivity index (χ0n) is 18.1. The van der Waals surface area contributed by atoms with E-state index in [2.05, 4.69) is 9.98 Å². The molecule has 0 aromatic heterocycles. The summed E-state index contributed by atoms with van der Waals surface area (Å²) in [4.78, 5) is 8.56. The van der Waals surface area contributed by atoms with E-state index in [9.17, 15) is 20.4 Å². The van der Waals surface area contributed by atoms with Crippen molar-refractivity contribution in [2.45, 2.75) is 41.5 Å². The molecule has 2 aromatic rings. The first-order chi connectivity index (χ1) is 14.1. The Hall–Kier alpha value is -2.64. The van der Waals surface area contributed by atoms with E-state index in [-0.39, 0.29) is 23.0 Å². The standard InChI is InChI=1S/C22H28N2O4.O.V/c1-11-13(3)21(27)17(15(5)19(11)25)9-23-7-8-24-10-18-16(6)20(26)12(2)14(4)22(18)28;;/h9-10,25-28H,7-8H2,1-6H3;;. The Kier molecular flexibility index (Phi) is 9.27. The Balaban J connectivity index is 0.00000218. The minimum atomic E-state index is 0.117. The Labute approximate surface area is 186 Å². The topological polar surface area (TPSA) is 123 Å². The number of aromatic hydroxyl groups is 4. The van der Waals surface area contributed by atoms with Crippen LogP contribution < -0.4 is 0 Å². The van der Waals surface area contributed by atoms with Crippen molar-refractivity contribution in [3.05, 3.63) is 44.5 Å². The fourth-order valence-electron chi connectivity index (χ4n) is 3.03. The first-order valence-electron chi connectivity index (χ1n) is 9.30. The van der Waals surface area contributed by atoms with Crippen LogP contribution in [0.4, 0.5) is 0 Å². The van der Waals surface area contributed by atoms with Gasteiger partial charge in [0, 0.05) is 34.7 Å². The summed E-state index contributed by atoms with van der Waals surface area (Å²) >= 11 is 1.06. The molecule has 0 unspecified atom stereocenters. The fraction of sp³-hybridized carbons (Fsp3) is 0.364. The number of rotatable bonds is 5. The molecule has 0 aliphatic rings. The van der Waals surface area contributed by atoms with Gasteiger partial charge in [-0.05, 0) is 63.8 Å². The molecular weight excluding hydrogens is 423 g/mol. The molecule has 0 saturated heterocycles. The Morgan fingerprint density at radius 2 is 0.833 bits per heavy atom. The van der Waals surface area contributed by atoms with Gasteiger partial charge in [0.2, 0.25) is 0 Å². The SMILES string of the molecule is Cc1c(C)c(O)c(C=NCCN=Cc2c(C)c(O)c(C)c(C)c2O)c(C)c1O.[O]=[V]. The molecule has 0 atom stereocenters. The molecule has 30 heavy (non-hydrogen) atoms. The first-order valence-corrected chi connectivity index (χ1v) is 9.87. The number of aliphatic imine (C=N–C) groups is 2. The predicted octanol–water partition coefficient (Wildman–Crippen LogP) is 3.78. The summed E-state index contributed by atoms with van der Waals surface area (Å²) in [5, 5.41) is 40.8. The van der Waals surface area contributed by atoms with E-state index in [0.717, 1.165) is 17.4 Å². The van der Waals surface area contributed by atoms with E-state index in [1.54, 1.807) is 41.5 Å². The zero-order chi connectivity index (χ0) is 23.2. The summed E-state index contributed by atoms with van der Waals surface area (Å²) in [6.07, 6.45) is 3.08. The van der Waals surface area contributed by atoms with Crippen molar-refractivity contribution in [2.75, 3.05) is 13.1 Å². The summed E-state index contributed by atoms with van der Waals surface area (Å²) in [7, 11) is 0. The molecule has 0 spiro atoms. The molecule has 7 nitrogen and oxygen atoms in total. The fourth-order valence-corrected chi connectivity index (χ4v) is 3.03. The molecule has 8 heteroatoms. The van der Waals surface area contributed by atoms with Crippen molar-refractivity contribution in [1.29, 1.82) is 0 Å². The van der Waals surface area contributed by atoms with Gasteiger partial charge in [-0.1, -0.05) is 0 Å². The van der Waals surface area contributed by atoms with Crippen LogP contribution in [0.3, 0.4) is 0 Å². The Morgan fingerprint density at radius 1 is 0.567 bits per heavy atom. The number of phenolic OH excluding ortho intramolecular Hbond substituents is 4. The zero-order valence-corrected chi connectivity index (χ0v) is 19.5. The van der Waals surface area contributed by atoms with Crippen LogP contribution >= 0.6 is 0 Å². The van der Waals surface area contributed by atoms with Crippen molar-refractivity contribution >= 4 is 12.4 Å². The third kappa shape index (κ3) is 5.09. The minimum absolute atomic E-state index is 0.117. The summed E-state index contributed by atoms with van der Waals surface area (Å²) in [5.74, 6) is 0.558. The molecule has 4 N–H and O–H groups in total.